The van der Waals surface area contributed by atoms with Crippen LogP contribution in [0.4, 0.5) is 0 Å². The van der Waals surface area contributed by atoms with Crippen molar-refractivity contribution in [1.29, 1.82) is 0 Å². The Kier molecular flexibility index (Phi) is 7.19. The van der Waals surface area contributed by atoms with Gasteiger partial charge in [-0.3, -0.25) is 4.90 Å². The number of nitrogens with one attached hydrogen (secondary N) is 2. The minimum absolute atomic E-state index is 0.148. The predicted octanol–water partition coefficient (Wildman–Crippen LogP) is 1.14. The summed E-state index contributed by atoms with van der Waals surface area (Å²) in [6.45, 7) is 16.0. The molecule has 1 aliphatic rings. The minimum Gasteiger partial charge on any atom is -0.379 e. The molecule has 8 nitrogen and oxygen atoms in total. The Bertz CT molecular complexity index is 546. The average molecular weight is 352 g/mol. The minimum atomic E-state index is -0.148. The molecular formula is C17H32N6O2. The zero-order chi connectivity index (χ0) is 18.3. The van der Waals surface area contributed by atoms with Gasteiger partial charge in [0.2, 0.25) is 5.89 Å². The van der Waals surface area contributed by atoms with E-state index in [0.717, 1.165) is 45.4 Å². The van der Waals surface area contributed by atoms with Gasteiger partial charge in [-0.2, -0.15) is 4.98 Å². The number of aromatic nitrogens is 2. The lowest BCUT2D eigenvalue weighted by Gasteiger charge is -2.32. The molecule has 0 radical (unpaired) electrons. The van der Waals surface area contributed by atoms with Crippen LogP contribution in [0.1, 0.15) is 46.3 Å². The summed E-state index contributed by atoms with van der Waals surface area (Å²) in [7, 11) is 0. The number of hydrogen-bond acceptors (Lipinski definition) is 6. The van der Waals surface area contributed by atoms with E-state index in [0.29, 0.717) is 24.3 Å². The van der Waals surface area contributed by atoms with E-state index in [4.69, 9.17) is 9.26 Å². The summed E-state index contributed by atoms with van der Waals surface area (Å²) in [5, 5.41) is 10.7. The van der Waals surface area contributed by atoms with Gasteiger partial charge in [0.05, 0.1) is 13.2 Å². The second-order valence-corrected chi connectivity index (χ2v) is 7.34. The van der Waals surface area contributed by atoms with Crippen LogP contribution in [0.5, 0.6) is 0 Å². The van der Waals surface area contributed by atoms with Crippen LogP contribution in [0.2, 0.25) is 0 Å². The fourth-order valence-electron chi connectivity index (χ4n) is 2.51. The smallest absolute Gasteiger partial charge is 0.232 e. The topological polar surface area (TPSA) is 87.8 Å². The molecule has 0 saturated carbocycles. The molecule has 2 heterocycles. The summed E-state index contributed by atoms with van der Waals surface area (Å²) in [4.78, 5) is 11.4. The third-order valence-electron chi connectivity index (χ3n) is 4.07. The third-order valence-corrected chi connectivity index (χ3v) is 4.07. The van der Waals surface area contributed by atoms with Gasteiger partial charge in [0.1, 0.15) is 6.54 Å². The lowest BCUT2D eigenvalue weighted by molar-refractivity contribution is 0.0211. The Morgan fingerprint density at radius 3 is 2.60 bits per heavy atom. The first-order valence-electron chi connectivity index (χ1n) is 9.07. The van der Waals surface area contributed by atoms with Gasteiger partial charge >= 0.3 is 0 Å². The highest BCUT2D eigenvalue weighted by Crippen LogP contribution is 2.19. The number of guanidine groups is 1. The van der Waals surface area contributed by atoms with Crippen molar-refractivity contribution in [2.45, 2.75) is 52.6 Å². The number of ether oxygens (including phenoxy) is 1. The number of hydrogen-bond donors (Lipinski definition) is 2. The summed E-state index contributed by atoms with van der Waals surface area (Å²) in [6, 6.07) is 0.422. The van der Waals surface area contributed by atoms with Gasteiger partial charge in [0.25, 0.3) is 0 Å². The zero-order valence-corrected chi connectivity index (χ0v) is 16.1. The van der Waals surface area contributed by atoms with Crippen molar-refractivity contribution in [3.8, 4) is 0 Å². The molecule has 2 rings (SSSR count). The van der Waals surface area contributed by atoms with Gasteiger partial charge < -0.3 is 19.9 Å². The van der Waals surface area contributed by atoms with Crippen LogP contribution in [0.25, 0.3) is 0 Å². The van der Waals surface area contributed by atoms with E-state index in [2.05, 4.69) is 44.5 Å². The van der Waals surface area contributed by atoms with Crippen molar-refractivity contribution in [2.75, 3.05) is 39.4 Å². The first-order chi connectivity index (χ1) is 11.9. The molecule has 0 spiro atoms. The first kappa shape index (κ1) is 19.7. The van der Waals surface area contributed by atoms with E-state index in [1.54, 1.807) is 0 Å². The highest BCUT2D eigenvalue weighted by atomic mass is 16.5. The monoisotopic (exact) mass is 352 g/mol. The van der Waals surface area contributed by atoms with Crippen molar-refractivity contribution in [3.05, 3.63) is 11.7 Å². The maximum atomic E-state index is 5.41. The summed E-state index contributed by atoms with van der Waals surface area (Å²) >= 11 is 0. The van der Waals surface area contributed by atoms with Crippen molar-refractivity contribution in [1.82, 2.24) is 25.7 Å². The molecule has 1 unspecified atom stereocenters. The molecule has 0 amide bonds. The molecule has 2 N–H and O–H groups in total. The molecule has 0 aromatic carbocycles. The van der Waals surface area contributed by atoms with Gasteiger partial charge in [-0.25, -0.2) is 4.99 Å². The summed E-state index contributed by atoms with van der Waals surface area (Å²) in [6.07, 6.45) is 0. The Morgan fingerprint density at radius 2 is 2.00 bits per heavy atom. The van der Waals surface area contributed by atoms with E-state index in [9.17, 15) is 0 Å². The fourth-order valence-corrected chi connectivity index (χ4v) is 2.51. The predicted molar refractivity (Wildman–Crippen MR) is 97.7 cm³/mol. The number of rotatable bonds is 6. The first-order valence-corrected chi connectivity index (χ1v) is 9.07. The van der Waals surface area contributed by atoms with Crippen LogP contribution in [0, 0.1) is 0 Å². The van der Waals surface area contributed by atoms with Crippen LogP contribution < -0.4 is 10.6 Å². The third kappa shape index (κ3) is 6.28. The van der Waals surface area contributed by atoms with Crippen molar-refractivity contribution in [2.24, 2.45) is 4.99 Å². The maximum Gasteiger partial charge on any atom is 0.232 e. The molecule has 25 heavy (non-hydrogen) atoms. The SMILES string of the molecule is CCNC(=NCc1noc(C(C)(C)C)n1)NCC(C)N1CCOCC1. The van der Waals surface area contributed by atoms with Crippen LogP contribution in [-0.2, 0) is 16.7 Å². The Morgan fingerprint density at radius 1 is 1.28 bits per heavy atom. The highest BCUT2D eigenvalue weighted by Gasteiger charge is 2.21. The van der Waals surface area contributed by atoms with Crippen LogP contribution in [0.3, 0.4) is 0 Å². The second kappa shape index (κ2) is 9.15. The van der Waals surface area contributed by atoms with Crippen molar-refractivity contribution in [3.63, 3.8) is 0 Å². The summed E-state index contributed by atoms with van der Waals surface area (Å²) < 4.78 is 10.7. The van der Waals surface area contributed by atoms with E-state index in [1.807, 2.05) is 20.8 Å². The molecular weight excluding hydrogens is 320 g/mol. The molecule has 1 saturated heterocycles. The largest absolute Gasteiger partial charge is 0.379 e. The quantitative estimate of drug-likeness (QED) is 0.586. The zero-order valence-electron chi connectivity index (χ0n) is 16.1. The molecule has 1 atom stereocenters. The van der Waals surface area contributed by atoms with Crippen molar-refractivity contribution < 1.29 is 9.26 Å². The van der Waals surface area contributed by atoms with E-state index in [1.165, 1.54) is 0 Å². The molecule has 0 bridgehead atoms. The van der Waals surface area contributed by atoms with Crippen LogP contribution in [-0.4, -0.2) is 66.4 Å². The average Bonchev–Trinajstić information content (AvgIpc) is 3.07. The normalized spacial score (nSPS) is 18.2. The Hall–Kier alpha value is -1.67. The van der Waals surface area contributed by atoms with Crippen molar-refractivity contribution >= 4 is 5.96 Å². The van der Waals surface area contributed by atoms with E-state index >= 15 is 0 Å². The Labute approximate surface area is 150 Å². The van der Waals surface area contributed by atoms with Gasteiger partial charge in [-0.05, 0) is 13.8 Å². The lowest BCUT2D eigenvalue weighted by Crippen LogP contribution is -2.49. The summed E-state index contributed by atoms with van der Waals surface area (Å²) in [5.74, 6) is 2.00. The molecule has 8 heteroatoms. The highest BCUT2D eigenvalue weighted by molar-refractivity contribution is 5.79. The van der Waals surface area contributed by atoms with Gasteiger partial charge in [0.15, 0.2) is 11.8 Å². The molecule has 0 aliphatic carbocycles. The molecule has 1 fully saturated rings. The van der Waals surface area contributed by atoms with E-state index < -0.39 is 0 Å². The Balaban J connectivity index is 1.88. The van der Waals surface area contributed by atoms with Gasteiger partial charge in [-0.1, -0.05) is 25.9 Å². The fraction of sp³-hybridized carbons (Fsp3) is 0.824. The van der Waals surface area contributed by atoms with Gasteiger partial charge in [-0.15, -0.1) is 0 Å². The van der Waals surface area contributed by atoms with E-state index in [-0.39, 0.29) is 5.41 Å². The second-order valence-electron chi connectivity index (χ2n) is 7.34. The number of nitrogens with zero attached hydrogens (tertiary/aromatic N) is 4. The number of aliphatic imine (C=N–C) groups is 1. The standard InChI is InChI=1S/C17H32N6O2/c1-6-18-16(19-11-13(2)23-7-9-24-10-8-23)20-12-14-21-15(25-22-14)17(3,4)5/h13H,6-12H2,1-5H3,(H2,18,19,20). The summed E-state index contributed by atoms with van der Waals surface area (Å²) in [5.41, 5.74) is -0.148. The number of morpholine rings is 1. The molecule has 1 aromatic heterocycles. The van der Waals surface area contributed by atoms with Gasteiger partial charge in [0, 0.05) is 37.6 Å². The lowest BCUT2D eigenvalue weighted by atomic mass is 9.97. The van der Waals surface area contributed by atoms with Crippen LogP contribution >= 0.6 is 0 Å². The molecule has 1 aromatic rings. The molecule has 142 valence electrons. The maximum absolute atomic E-state index is 5.41. The molecule has 1 aliphatic heterocycles. The van der Waals surface area contributed by atoms with Crippen LogP contribution in [0.15, 0.2) is 9.52 Å².